The molecule has 2 aliphatic rings. The minimum Gasteiger partial charge on any atom is -0.388 e. The molecular formula is C18H30BIN4O4. The average molecular weight is 504 g/mol. The van der Waals surface area contributed by atoms with Gasteiger partial charge in [0.05, 0.1) is 17.6 Å². The van der Waals surface area contributed by atoms with Crippen LogP contribution in [-0.2, 0) is 12.5 Å². The number of halogens is 1. The van der Waals surface area contributed by atoms with Crippen molar-refractivity contribution in [2.24, 2.45) is 22.9 Å². The van der Waals surface area contributed by atoms with E-state index in [-0.39, 0.29) is 18.1 Å². The molecule has 1 aliphatic carbocycles. The van der Waals surface area contributed by atoms with Crippen LogP contribution in [0.15, 0.2) is 30.3 Å². The second kappa shape index (κ2) is 9.23. The molecule has 1 aromatic rings. The molecule has 0 amide bonds. The van der Waals surface area contributed by atoms with E-state index in [0.29, 0.717) is 19.3 Å². The van der Waals surface area contributed by atoms with Crippen molar-refractivity contribution in [1.29, 1.82) is 0 Å². The third-order valence-electron chi connectivity index (χ3n) is 5.98. The van der Waals surface area contributed by atoms with Crippen LogP contribution in [0.4, 0.5) is 0 Å². The zero-order valence-corrected chi connectivity index (χ0v) is 18.1. The minimum absolute atomic E-state index is 0.337. The second-order valence-corrected chi connectivity index (χ2v) is 8.61. The summed E-state index contributed by atoms with van der Waals surface area (Å²) in [5.74, 6) is 0. The predicted octanol–water partition coefficient (Wildman–Crippen LogP) is -0.981. The highest BCUT2D eigenvalue weighted by molar-refractivity contribution is 14.1. The summed E-state index contributed by atoms with van der Waals surface area (Å²) in [5.41, 5.74) is 25.4. The fourth-order valence-electron chi connectivity index (χ4n) is 4.10. The number of ether oxygens (including phenoxy) is 2. The van der Waals surface area contributed by atoms with E-state index in [0.717, 1.165) is 5.56 Å². The van der Waals surface area contributed by atoms with E-state index in [4.69, 9.17) is 35.5 Å². The van der Waals surface area contributed by atoms with Gasteiger partial charge in [0.2, 0.25) is 0 Å². The van der Waals surface area contributed by atoms with Gasteiger partial charge in [0.1, 0.15) is 49.2 Å². The highest BCUT2D eigenvalue weighted by atomic mass is 127. The number of hydrogen-bond donors (Lipinski definition) is 5. The number of aliphatic hydroxyl groups excluding tert-OH is 1. The molecular weight excluding hydrogens is 474 g/mol. The lowest BCUT2D eigenvalue weighted by atomic mass is 9.68. The number of aliphatic hydroxyl groups is 1. The van der Waals surface area contributed by atoms with Crippen molar-refractivity contribution < 1.29 is 17.6 Å². The highest BCUT2D eigenvalue weighted by Gasteiger charge is 2.48. The lowest BCUT2D eigenvalue weighted by Crippen LogP contribution is -2.65. The first-order valence-corrected chi connectivity index (χ1v) is 10.5. The second-order valence-electron chi connectivity index (χ2n) is 8.10. The lowest BCUT2D eigenvalue weighted by molar-refractivity contribution is -0.264. The van der Waals surface area contributed by atoms with Crippen molar-refractivity contribution >= 4 is 30.9 Å². The summed E-state index contributed by atoms with van der Waals surface area (Å²) in [6, 6.07) is 8.32. The molecule has 0 radical (unpaired) electrons. The maximum absolute atomic E-state index is 10.7. The van der Waals surface area contributed by atoms with Gasteiger partial charge in [-0.2, -0.15) is 0 Å². The van der Waals surface area contributed by atoms with Gasteiger partial charge < -0.3 is 40.6 Å². The van der Waals surface area contributed by atoms with E-state index in [2.05, 4.69) is 0 Å². The van der Waals surface area contributed by atoms with Crippen molar-refractivity contribution in [2.45, 2.75) is 73.5 Å². The van der Waals surface area contributed by atoms with E-state index >= 15 is 0 Å². The van der Waals surface area contributed by atoms with Crippen molar-refractivity contribution in [3.05, 3.63) is 35.9 Å². The van der Waals surface area contributed by atoms with Crippen LogP contribution < -0.4 is 22.9 Å². The summed E-state index contributed by atoms with van der Waals surface area (Å²) < 4.78 is 17.7. The summed E-state index contributed by atoms with van der Waals surface area (Å²) in [4.78, 5) is 0. The largest absolute Gasteiger partial charge is 0.388 e. The molecule has 1 aliphatic heterocycles. The maximum atomic E-state index is 10.7. The number of hydrogen-bond acceptors (Lipinski definition) is 8. The van der Waals surface area contributed by atoms with Crippen LogP contribution in [0, 0.1) is 0 Å². The molecule has 1 saturated heterocycles. The Morgan fingerprint density at radius 3 is 2.43 bits per heavy atom. The van der Waals surface area contributed by atoms with E-state index in [9.17, 15) is 5.11 Å². The van der Waals surface area contributed by atoms with Crippen molar-refractivity contribution in [2.75, 3.05) is 0 Å². The molecule has 8 nitrogen and oxygen atoms in total. The number of benzene rings is 1. The Labute approximate surface area is 180 Å². The van der Waals surface area contributed by atoms with Crippen LogP contribution in [0.5, 0.6) is 0 Å². The van der Waals surface area contributed by atoms with E-state index in [1.807, 2.05) is 38.2 Å². The quantitative estimate of drug-likeness (QED) is 0.254. The van der Waals surface area contributed by atoms with E-state index in [1.165, 1.54) is 0 Å². The first-order chi connectivity index (χ1) is 13.3. The van der Waals surface area contributed by atoms with Crippen LogP contribution in [0.3, 0.4) is 0 Å². The molecule has 156 valence electrons. The number of nitrogens with two attached hydrogens (primary N) is 4. The molecule has 1 heterocycles. The van der Waals surface area contributed by atoms with Crippen LogP contribution in [0.25, 0.3) is 0 Å². The van der Waals surface area contributed by atoms with Gasteiger partial charge in [0.25, 0.3) is 0 Å². The van der Waals surface area contributed by atoms with Gasteiger partial charge in [-0.1, -0.05) is 30.3 Å². The third kappa shape index (κ3) is 4.55. The zero-order chi connectivity index (χ0) is 20.5. The van der Waals surface area contributed by atoms with Crippen LogP contribution in [0.1, 0.15) is 30.9 Å². The van der Waals surface area contributed by atoms with E-state index in [1.54, 1.807) is 23.0 Å². The molecule has 1 saturated carbocycles. The first kappa shape index (κ1) is 22.4. The normalized spacial score (nSPS) is 42.9. The summed E-state index contributed by atoms with van der Waals surface area (Å²) in [5, 5.41) is 10.7. The molecule has 10 heteroatoms. The Morgan fingerprint density at radius 2 is 1.79 bits per heavy atom. The van der Waals surface area contributed by atoms with Crippen LogP contribution in [0.2, 0.25) is 0 Å². The molecule has 1 aromatic carbocycles. The van der Waals surface area contributed by atoms with Gasteiger partial charge >= 0.3 is 0 Å². The van der Waals surface area contributed by atoms with Gasteiger partial charge in [-0.3, -0.25) is 0 Å². The summed E-state index contributed by atoms with van der Waals surface area (Å²) in [6.45, 7) is 0. The van der Waals surface area contributed by atoms with Gasteiger partial charge in [-0.25, -0.2) is 0 Å². The molecule has 3 rings (SSSR count). The first-order valence-electron chi connectivity index (χ1n) is 9.63. The van der Waals surface area contributed by atoms with Gasteiger partial charge in [-0.15, -0.1) is 0 Å². The molecule has 0 spiro atoms. The van der Waals surface area contributed by atoms with Crippen molar-refractivity contribution in [1.82, 2.24) is 0 Å². The smallest absolute Gasteiger partial charge is 0.172 e. The van der Waals surface area contributed by atoms with Crippen LogP contribution in [-0.4, -0.2) is 61.2 Å². The highest BCUT2D eigenvalue weighted by Crippen LogP contribution is 2.36. The number of rotatable bonds is 5. The Balaban J connectivity index is 1.74. The monoisotopic (exact) mass is 504 g/mol. The molecule has 9 N–H and O–H groups in total. The van der Waals surface area contributed by atoms with Crippen molar-refractivity contribution in [3.63, 3.8) is 0 Å². The summed E-state index contributed by atoms with van der Waals surface area (Å²) in [6.07, 6.45) is -1.10. The Morgan fingerprint density at radius 1 is 1.14 bits per heavy atom. The Hall–Kier alpha value is -0.305. The fourth-order valence-corrected chi connectivity index (χ4v) is 4.78. The molecule has 2 fully saturated rings. The summed E-state index contributed by atoms with van der Waals surface area (Å²) >= 11 is 1.74. The standard InChI is InChI=1S/C18H30BIN4O4/c19-18(16(24)9-4-2-1-3-5-9)7-6-10(21)17(27-18)26-14-11(22)8-12(23)15(28-20)13(14)25/h1-5,10-17,25H,6-8,19,21-24H2/t10-,11?,12?,13?,14-,15+,16-,17+,18+/m1/s1. The SMILES string of the molecule is B[C@@]1([C@H](N)c2ccccc2)CC[C@@H](N)[C@@H](O[C@@H]2C(N)CC(N)[C@H](OI)C2O)O1. The molecule has 9 atom stereocenters. The van der Waals surface area contributed by atoms with E-state index < -0.39 is 36.1 Å². The topological polar surface area (TPSA) is 152 Å². The summed E-state index contributed by atoms with van der Waals surface area (Å²) in [7, 11) is 1.97. The van der Waals surface area contributed by atoms with Crippen LogP contribution >= 0.6 is 23.0 Å². The maximum Gasteiger partial charge on any atom is 0.172 e. The van der Waals surface area contributed by atoms with Gasteiger partial charge in [-0.05, 0) is 24.8 Å². The molecule has 0 aromatic heterocycles. The van der Waals surface area contributed by atoms with Crippen molar-refractivity contribution in [3.8, 4) is 0 Å². The molecule has 0 bridgehead atoms. The molecule has 3 unspecified atom stereocenters. The Kier molecular flexibility index (Phi) is 7.38. The fraction of sp³-hybridized carbons (Fsp3) is 0.667. The minimum atomic E-state index is -0.970. The zero-order valence-electron chi connectivity index (χ0n) is 16.0. The van der Waals surface area contributed by atoms with Gasteiger partial charge in [0.15, 0.2) is 6.29 Å². The lowest BCUT2D eigenvalue weighted by Gasteiger charge is -2.48. The average Bonchev–Trinajstić information content (AvgIpc) is 2.68. The Bertz CT molecular complexity index is 647. The van der Waals surface area contributed by atoms with Gasteiger partial charge in [0, 0.05) is 12.1 Å². The molecule has 28 heavy (non-hydrogen) atoms. The third-order valence-corrected chi connectivity index (χ3v) is 6.57. The predicted molar refractivity (Wildman–Crippen MR) is 117 cm³/mol.